The molecule has 0 aliphatic carbocycles. The fraction of sp³-hybridized carbons (Fsp3) is 0.400. The number of para-hydroxylation sites is 1. The zero-order valence-corrected chi connectivity index (χ0v) is 15.3. The maximum Gasteiger partial charge on any atom is 0.122 e. The van der Waals surface area contributed by atoms with Gasteiger partial charge in [0.1, 0.15) is 5.75 Å². The second-order valence-electron chi connectivity index (χ2n) is 6.26. The van der Waals surface area contributed by atoms with E-state index in [1.165, 1.54) is 11.1 Å². The van der Waals surface area contributed by atoms with Crippen molar-refractivity contribution in [3.05, 3.63) is 63.6 Å². The normalized spacial score (nSPS) is 20.3. The lowest BCUT2D eigenvalue weighted by Gasteiger charge is -2.19. The average Bonchev–Trinajstić information content (AvgIpc) is 3.00. The Hall–Kier alpha value is -1.22. The van der Waals surface area contributed by atoms with Crippen LogP contribution >= 0.6 is 23.2 Å². The van der Waals surface area contributed by atoms with Crippen molar-refractivity contribution in [2.45, 2.75) is 19.8 Å². The monoisotopic (exact) mass is 364 g/mol. The molecule has 0 amide bonds. The molecule has 2 aromatic rings. The molecule has 1 heterocycles. The summed E-state index contributed by atoms with van der Waals surface area (Å²) >= 11 is 12.2. The summed E-state index contributed by atoms with van der Waals surface area (Å²) in [4.78, 5) is 0. The Morgan fingerprint density at radius 2 is 1.75 bits per heavy atom. The maximum atomic E-state index is 6.14. The molecule has 2 nitrogen and oxygen atoms in total. The van der Waals surface area contributed by atoms with Crippen molar-refractivity contribution in [1.29, 1.82) is 0 Å². The van der Waals surface area contributed by atoms with E-state index in [2.05, 4.69) is 18.2 Å². The van der Waals surface area contributed by atoms with E-state index >= 15 is 0 Å². The molecule has 24 heavy (non-hydrogen) atoms. The van der Waals surface area contributed by atoms with E-state index in [0.717, 1.165) is 31.8 Å². The van der Waals surface area contributed by atoms with Gasteiger partial charge in [-0.2, -0.15) is 0 Å². The van der Waals surface area contributed by atoms with Gasteiger partial charge in [0.05, 0.1) is 29.9 Å². The van der Waals surface area contributed by atoms with E-state index in [-0.39, 0.29) is 0 Å². The quantitative estimate of drug-likeness (QED) is 0.679. The number of halogens is 2. The average molecular weight is 365 g/mol. The van der Waals surface area contributed by atoms with E-state index in [9.17, 15) is 0 Å². The molecule has 0 spiro atoms. The molecule has 0 N–H and O–H groups in total. The van der Waals surface area contributed by atoms with Crippen LogP contribution in [-0.2, 0) is 17.6 Å². The van der Waals surface area contributed by atoms with Crippen molar-refractivity contribution >= 4 is 23.2 Å². The predicted molar refractivity (Wildman–Crippen MR) is 99.3 cm³/mol. The van der Waals surface area contributed by atoms with E-state index < -0.39 is 0 Å². The molecule has 3 rings (SSSR count). The lowest BCUT2D eigenvalue weighted by molar-refractivity contribution is 0.180. The molecule has 0 radical (unpaired) electrons. The lowest BCUT2D eigenvalue weighted by Crippen LogP contribution is -2.18. The van der Waals surface area contributed by atoms with E-state index in [0.29, 0.717) is 28.5 Å². The van der Waals surface area contributed by atoms with E-state index in [1.54, 1.807) is 0 Å². The highest BCUT2D eigenvalue weighted by Crippen LogP contribution is 2.32. The van der Waals surface area contributed by atoms with Crippen molar-refractivity contribution in [2.75, 3.05) is 19.8 Å². The largest absolute Gasteiger partial charge is 0.494 e. The molecule has 0 aromatic heterocycles. The number of benzene rings is 2. The highest BCUT2D eigenvalue weighted by molar-refractivity contribution is 6.42. The van der Waals surface area contributed by atoms with Gasteiger partial charge in [-0.3, -0.25) is 0 Å². The second-order valence-corrected chi connectivity index (χ2v) is 7.07. The number of ether oxygens (including phenoxy) is 2. The fourth-order valence-electron chi connectivity index (χ4n) is 3.31. The van der Waals surface area contributed by atoms with Gasteiger partial charge in [-0.25, -0.2) is 0 Å². The summed E-state index contributed by atoms with van der Waals surface area (Å²) in [5.74, 6) is 1.96. The molecule has 1 fully saturated rings. The Morgan fingerprint density at radius 1 is 1.00 bits per heavy atom. The third-order valence-corrected chi connectivity index (χ3v) is 5.31. The summed E-state index contributed by atoms with van der Waals surface area (Å²) in [6.45, 7) is 4.29. The van der Waals surface area contributed by atoms with Crippen LogP contribution in [0.5, 0.6) is 5.75 Å². The summed E-state index contributed by atoms with van der Waals surface area (Å²) in [6.07, 6.45) is 1.93. The molecule has 1 aliphatic heterocycles. The molecular weight excluding hydrogens is 343 g/mol. The number of rotatable bonds is 6. The summed E-state index contributed by atoms with van der Waals surface area (Å²) < 4.78 is 11.5. The molecule has 0 bridgehead atoms. The molecule has 1 aliphatic rings. The van der Waals surface area contributed by atoms with Gasteiger partial charge in [-0.15, -0.1) is 0 Å². The molecule has 0 unspecified atom stereocenters. The molecule has 4 heteroatoms. The Balaban J connectivity index is 1.70. The van der Waals surface area contributed by atoms with E-state index in [1.807, 2.05) is 31.2 Å². The van der Waals surface area contributed by atoms with Crippen molar-refractivity contribution in [3.8, 4) is 5.75 Å². The van der Waals surface area contributed by atoms with Crippen LogP contribution in [0.2, 0.25) is 10.0 Å². The Labute approximate surface area is 153 Å². The van der Waals surface area contributed by atoms with Gasteiger partial charge in [0.15, 0.2) is 0 Å². The number of hydrogen-bond donors (Lipinski definition) is 0. The summed E-state index contributed by atoms with van der Waals surface area (Å²) in [5.41, 5.74) is 2.47. The summed E-state index contributed by atoms with van der Waals surface area (Å²) in [7, 11) is 0. The van der Waals surface area contributed by atoms with Gasteiger partial charge in [-0.05, 0) is 60.9 Å². The first-order chi connectivity index (χ1) is 11.7. The highest BCUT2D eigenvalue weighted by atomic mass is 35.5. The minimum Gasteiger partial charge on any atom is -0.494 e. The molecule has 0 saturated carbocycles. The van der Waals surface area contributed by atoms with Gasteiger partial charge in [0.2, 0.25) is 0 Å². The third kappa shape index (κ3) is 4.24. The highest BCUT2D eigenvalue weighted by Gasteiger charge is 2.29. The lowest BCUT2D eigenvalue weighted by atomic mass is 9.85. The van der Waals surface area contributed by atoms with Crippen LogP contribution in [0.1, 0.15) is 18.1 Å². The van der Waals surface area contributed by atoms with Crippen LogP contribution in [0.3, 0.4) is 0 Å². The van der Waals surface area contributed by atoms with Crippen LogP contribution in [0.25, 0.3) is 0 Å². The van der Waals surface area contributed by atoms with E-state index in [4.69, 9.17) is 32.7 Å². The molecule has 1 saturated heterocycles. The molecule has 128 valence electrons. The van der Waals surface area contributed by atoms with Gasteiger partial charge in [0, 0.05) is 0 Å². The van der Waals surface area contributed by atoms with Crippen LogP contribution in [0.15, 0.2) is 42.5 Å². The van der Waals surface area contributed by atoms with Crippen LogP contribution in [-0.4, -0.2) is 19.8 Å². The molecular formula is C20H22Cl2O2. The Kier molecular flexibility index (Phi) is 6.04. The minimum atomic E-state index is 0.483. The SMILES string of the molecule is CCOc1ccccc1C[C@H]1COC[C@@H]1Cc1ccc(Cl)c(Cl)c1. The van der Waals surface area contributed by atoms with Gasteiger partial charge >= 0.3 is 0 Å². The van der Waals surface area contributed by atoms with Crippen molar-refractivity contribution in [2.24, 2.45) is 11.8 Å². The standard InChI is InChI=1S/C20H22Cl2O2/c1-2-24-20-6-4-3-5-15(20)11-17-13-23-12-16(17)9-14-7-8-18(21)19(22)10-14/h3-8,10,16-17H,2,9,11-13H2,1H3/t16-,17-/m0/s1. The minimum absolute atomic E-state index is 0.483. The zero-order chi connectivity index (χ0) is 16.9. The van der Waals surface area contributed by atoms with Gasteiger partial charge in [0.25, 0.3) is 0 Å². The summed E-state index contributed by atoms with van der Waals surface area (Å²) in [5, 5.41) is 1.22. The summed E-state index contributed by atoms with van der Waals surface area (Å²) in [6, 6.07) is 14.2. The van der Waals surface area contributed by atoms with Crippen LogP contribution < -0.4 is 4.74 Å². The first-order valence-electron chi connectivity index (χ1n) is 8.39. The van der Waals surface area contributed by atoms with Crippen LogP contribution in [0.4, 0.5) is 0 Å². The predicted octanol–water partition coefficient (Wildman–Crippen LogP) is 5.44. The second kappa shape index (κ2) is 8.24. The first kappa shape index (κ1) is 17.6. The number of hydrogen-bond acceptors (Lipinski definition) is 2. The third-order valence-electron chi connectivity index (χ3n) is 4.57. The topological polar surface area (TPSA) is 18.5 Å². The fourth-order valence-corrected chi connectivity index (χ4v) is 3.64. The van der Waals surface area contributed by atoms with Crippen molar-refractivity contribution < 1.29 is 9.47 Å². The van der Waals surface area contributed by atoms with Gasteiger partial charge in [-0.1, -0.05) is 47.5 Å². The molecule has 2 atom stereocenters. The maximum absolute atomic E-state index is 6.14. The van der Waals surface area contributed by atoms with Crippen molar-refractivity contribution in [1.82, 2.24) is 0 Å². The zero-order valence-electron chi connectivity index (χ0n) is 13.8. The Morgan fingerprint density at radius 3 is 2.50 bits per heavy atom. The van der Waals surface area contributed by atoms with Crippen LogP contribution in [0, 0.1) is 11.8 Å². The Bertz CT molecular complexity index is 687. The smallest absolute Gasteiger partial charge is 0.122 e. The first-order valence-corrected chi connectivity index (χ1v) is 9.15. The van der Waals surface area contributed by atoms with Crippen molar-refractivity contribution in [3.63, 3.8) is 0 Å². The van der Waals surface area contributed by atoms with Gasteiger partial charge < -0.3 is 9.47 Å². The molecule has 2 aromatic carbocycles.